The predicted octanol–water partition coefficient (Wildman–Crippen LogP) is 2.24. The van der Waals surface area contributed by atoms with Crippen LogP contribution < -0.4 is 10.9 Å². The highest BCUT2D eigenvalue weighted by Gasteiger charge is 2.28. The molecule has 0 amide bonds. The van der Waals surface area contributed by atoms with Gasteiger partial charge in [-0.2, -0.15) is 5.16 Å². The van der Waals surface area contributed by atoms with E-state index in [0.717, 1.165) is 31.6 Å². The summed E-state index contributed by atoms with van der Waals surface area (Å²) < 4.78 is 5.22. The number of hydrogen-bond donors (Lipinski definition) is 2. The zero-order chi connectivity index (χ0) is 12.5. The predicted molar refractivity (Wildman–Crippen MR) is 67.2 cm³/mol. The fourth-order valence-electron chi connectivity index (χ4n) is 2.66. The third-order valence-electron chi connectivity index (χ3n) is 3.30. The Balaban J connectivity index is 2.00. The van der Waals surface area contributed by atoms with E-state index < -0.39 is 0 Å². The van der Waals surface area contributed by atoms with E-state index in [2.05, 4.69) is 31.2 Å². The van der Waals surface area contributed by atoms with Crippen molar-refractivity contribution in [3.8, 4) is 0 Å². The molecule has 0 aromatic carbocycles. The number of aromatic amines is 1. The van der Waals surface area contributed by atoms with Gasteiger partial charge in [0, 0.05) is 18.0 Å². The van der Waals surface area contributed by atoms with Crippen molar-refractivity contribution in [3.63, 3.8) is 0 Å². The molecule has 1 aromatic heterocycles. The summed E-state index contributed by atoms with van der Waals surface area (Å²) in [5.74, 6) is 1.19. The van der Waals surface area contributed by atoms with Gasteiger partial charge in [-0.3, -0.25) is 4.79 Å². The number of aromatic nitrogens is 1. The van der Waals surface area contributed by atoms with Crippen LogP contribution in [0.3, 0.4) is 0 Å². The molecule has 2 unspecified atom stereocenters. The van der Waals surface area contributed by atoms with E-state index >= 15 is 0 Å². The Kier molecular flexibility index (Phi) is 3.43. The van der Waals surface area contributed by atoms with Gasteiger partial charge in [-0.15, -0.1) is 0 Å². The van der Waals surface area contributed by atoms with Crippen LogP contribution in [0.1, 0.15) is 51.7 Å². The molecular formula is C13H22N2O2. The van der Waals surface area contributed by atoms with Gasteiger partial charge in [-0.1, -0.05) is 20.8 Å². The second-order valence-electron chi connectivity index (χ2n) is 6.25. The van der Waals surface area contributed by atoms with E-state index in [1.807, 2.05) is 0 Å². The number of piperidine rings is 1. The van der Waals surface area contributed by atoms with Crippen molar-refractivity contribution >= 4 is 0 Å². The summed E-state index contributed by atoms with van der Waals surface area (Å²) in [6.45, 7) is 7.78. The van der Waals surface area contributed by atoms with Crippen molar-refractivity contribution in [1.82, 2.24) is 10.5 Å². The number of rotatable bonds is 2. The summed E-state index contributed by atoms with van der Waals surface area (Å²) in [7, 11) is 0. The Morgan fingerprint density at radius 1 is 1.47 bits per heavy atom. The Morgan fingerprint density at radius 3 is 2.82 bits per heavy atom. The molecule has 1 aliphatic heterocycles. The standard InChI is InChI=1S/C13H22N2O2/c1-13(2,3)8-10-6-9(4-5-14-10)11-7-12(16)15-17-11/h7,9-10,14H,4-6,8H2,1-3H3,(H,15,16). The van der Waals surface area contributed by atoms with Crippen molar-refractivity contribution in [1.29, 1.82) is 0 Å². The highest BCUT2D eigenvalue weighted by molar-refractivity contribution is 5.05. The van der Waals surface area contributed by atoms with Gasteiger partial charge in [0.1, 0.15) is 5.76 Å². The summed E-state index contributed by atoms with van der Waals surface area (Å²) in [6, 6.07) is 2.11. The maximum Gasteiger partial charge on any atom is 0.280 e. The Labute approximate surface area is 102 Å². The molecule has 1 aliphatic rings. The average molecular weight is 238 g/mol. The molecule has 0 bridgehead atoms. The van der Waals surface area contributed by atoms with E-state index in [9.17, 15) is 4.79 Å². The SMILES string of the molecule is CC(C)(C)CC1CC(c2cc(=O)[nH]o2)CCN1. The van der Waals surface area contributed by atoms with Gasteiger partial charge in [-0.05, 0) is 31.2 Å². The molecule has 2 N–H and O–H groups in total. The molecular weight excluding hydrogens is 216 g/mol. The normalized spacial score (nSPS) is 26.1. The van der Waals surface area contributed by atoms with Gasteiger partial charge in [-0.25, -0.2) is 0 Å². The van der Waals surface area contributed by atoms with E-state index in [-0.39, 0.29) is 5.56 Å². The summed E-state index contributed by atoms with van der Waals surface area (Å²) in [6.07, 6.45) is 3.25. The van der Waals surface area contributed by atoms with Crippen LogP contribution in [0, 0.1) is 5.41 Å². The first kappa shape index (κ1) is 12.4. The van der Waals surface area contributed by atoms with Crippen LogP contribution in [0.15, 0.2) is 15.4 Å². The minimum atomic E-state index is -0.133. The quantitative estimate of drug-likeness (QED) is 0.830. The molecule has 0 saturated carbocycles. The van der Waals surface area contributed by atoms with Gasteiger partial charge in [0.15, 0.2) is 0 Å². The van der Waals surface area contributed by atoms with Gasteiger partial charge >= 0.3 is 0 Å². The lowest BCUT2D eigenvalue weighted by atomic mass is 9.81. The van der Waals surface area contributed by atoms with Crippen LogP contribution in [-0.2, 0) is 0 Å². The van der Waals surface area contributed by atoms with Crippen LogP contribution in [0.25, 0.3) is 0 Å². The highest BCUT2D eigenvalue weighted by Crippen LogP contribution is 2.31. The summed E-state index contributed by atoms with van der Waals surface area (Å²) in [4.78, 5) is 11.1. The first-order valence-electron chi connectivity index (χ1n) is 6.36. The molecule has 2 heterocycles. The molecule has 0 radical (unpaired) electrons. The fourth-order valence-corrected chi connectivity index (χ4v) is 2.66. The smallest absolute Gasteiger partial charge is 0.280 e. The van der Waals surface area contributed by atoms with Crippen molar-refractivity contribution in [3.05, 3.63) is 22.2 Å². The van der Waals surface area contributed by atoms with Crippen LogP contribution in [0.4, 0.5) is 0 Å². The first-order valence-corrected chi connectivity index (χ1v) is 6.36. The van der Waals surface area contributed by atoms with Crippen LogP contribution in [-0.4, -0.2) is 17.7 Å². The lowest BCUT2D eigenvalue weighted by Gasteiger charge is -2.33. The van der Waals surface area contributed by atoms with Gasteiger partial charge in [0.2, 0.25) is 0 Å². The number of hydrogen-bond acceptors (Lipinski definition) is 3. The van der Waals surface area contributed by atoms with E-state index in [1.54, 1.807) is 6.07 Å². The highest BCUT2D eigenvalue weighted by atomic mass is 16.5. The monoisotopic (exact) mass is 238 g/mol. The van der Waals surface area contributed by atoms with E-state index in [4.69, 9.17) is 4.52 Å². The molecule has 2 atom stereocenters. The zero-order valence-electron chi connectivity index (χ0n) is 10.9. The largest absolute Gasteiger partial charge is 0.383 e. The maximum absolute atomic E-state index is 11.1. The number of H-pyrrole nitrogens is 1. The van der Waals surface area contributed by atoms with Crippen molar-refractivity contribution in [2.75, 3.05) is 6.54 Å². The Hall–Kier alpha value is -1.03. The molecule has 1 saturated heterocycles. The van der Waals surface area contributed by atoms with Crippen molar-refractivity contribution in [2.24, 2.45) is 5.41 Å². The Bertz CT molecular complexity index is 414. The molecule has 1 aromatic rings. The first-order chi connectivity index (χ1) is 7.94. The number of nitrogens with one attached hydrogen (secondary N) is 2. The van der Waals surface area contributed by atoms with Crippen molar-refractivity contribution in [2.45, 2.75) is 52.0 Å². The molecule has 96 valence electrons. The van der Waals surface area contributed by atoms with E-state index in [1.165, 1.54) is 0 Å². The second-order valence-corrected chi connectivity index (χ2v) is 6.25. The summed E-state index contributed by atoms with van der Waals surface area (Å²) >= 11 is 0. The fraction of sp³-hybridized carbons (Fsp3) is 0.769. The third kappa shape index (κ3) is 3.46. The van der Waals surface area contributed by atoms with E-state index in [0.29, 0.717) is 17.4 Å². The molecule has 0 aliphatic carbocycles. The van der Waals surface area contributed by atoms with Crippen LogP contribution >= 0.6 is 0 Å². The topological polar surface area (TPSA) is 58.0 Å². The summed E-state index contributed by atoms with van der Waals surface area (Å²) in [5, 5.41) is 5.93. The molecule has 1 fully saturated rings. The third-order valence-corrected chi connectivity index (χ3v) is 3.30. The van der Waals surface area contributed by atoms with Crippen LogP contribution in [0.5, 0.6) is 0 Å². The Morgan fingerprint density at radius 2 is 2.24 bits per heavy atom. The minimum Gasteiger partial charge on any atom is -0.383 e. The van der Waals surface area contributed by atoms with Gasteiger partial charge < -0.3 is 9.84 Å². The molecule has 2 rings (SSSR count). The molecule has 0 spiro atoms. The van der Waals surface area contributed by atoms with Crippen molar-refractivity contribution < 1.29 is 4.52 Å². The molecule has 4 heteroatoms. The average Bonchev–Trinajstić information content (AvgIpc) is 2.63. The second kappa shape index (κ2) is 4.69. The van der Waals surface area contributed by atoms with Crippen LogP contribution in [0.2, 0.25) is 0 Å². The lowest BCUT2D eigenvalue weighted by molar-refractivity contribution is 0.239. The molecule has 17 heavy (non-hydrogen) atoms. The van der Waals surface area contributed by atoms with Gasteiger partial charge in [0.25, 0.3) is 5.56 Å². The lowest BCUT2D eigenvalue weighted by Crippen LogP contribution is -2.39. The summed E-state index contributed by atoms with van der Waals surface area (Å²) in [5.41, 5.74) is 0.198. The minimum absolute atomic E-state index is 0.133. The van der Waals surface area contributed by atoms with Gasteiger partial charge in [0.05, 0.1) is 0 Å². The zero-order valence-corrected chi connectivity index (χ0v) is 10.9. The maximum atomic E-state index is 11.1. The molecule has 4 nitrogen and oxygen atoms in total.